The van der Waals surface area contributed by atoms with Crippen LogP contribution in [0.25, 0.3) is 0 Å². The van der Waals surface area contributed by atoms with Crippen molar-refractivity contribution < 1.29 is 9.59 Å². The van der Waals surface area contributed by atoms with E-state index in [4.69, 9.17) is 11.6 Å². The minimum atomic E-state index is -0.281. The van der Waals surface area contributed by atoms with Crippen molar-refractivity contribution in [3.05, 3.63) is 54.6 Å². The number of anilines is 1. The van der Waals surface area contributed by atoms with Crippen molar-refractivity contribution >= 4 is 29.1 Å². The molecule has 0 atom stereocenters. The number of imide groups is 1. The van der Waals surface area contributed by atoms with Gasteiger partial charge in [0.05, 0.1) is 5.69 Å². The predicted octanol–water partition coefficient (Wildman–Crippen LogP) is 2.48. The monoisotopic (exact) mass is 235 g/mol. The highest BCUT2D eigenvalue weighted by atomic mass is 35.5. The van der Waals surface area contributed by atoms with Crippen LogP contribution in [0.1, 0.15) is 0 Å². The lowest BCUT2D eigenvalue weighted by Gasteiger charge is -2.12. The van der Waals surface area contributed by atoms with Crippen molar-refractivity contribution in [2.75, 3.05) is 4.90 Å². The van der Waals surface area contributed by atoms with Gasteiger partial charge in [0.15, 0.2) is 0 Å². The summed E-state index contributed by atoms with van der Waals surface area (Å²) in [5.41, 5.74) is 1.84. The van der Waals surface area contributed by atoms with E-state index in [0.29, 0.717) is 5.69 Å². The Morgan fingerprint density at radius 3 is 1.94 bits per heavy atom. The Bertz CT molecular complexity index is 408. The smallest absolute Gasteiger partial charge is 0.258 e. The average molecular weight is 236 g/mol. The second-order valence-electron chi connectivity index (χ2n) is 2.84. The Labute approximate surface area is 98.6 Å². The van der Waals surface area contributed by atoms with Crippen molar-refractivity contribution in [2.45, 2.75) is 0 Å². The lowest BCUT2D eigenvalue weighted by Crippen LogP contribution is -2.29. The molecule has 0 saturated carbocycles. The van der Waals surface area contributed by atoms with Crippen LogP contribution in [0.5, 0.6) is 0 Å². The van der Waals surface area contributed by atoms with E-state index in [1.54, 1.807) is 24.3 Å². The number of benzene rings is 1. The molecule has 16 heavy (non-hydrogen) atoms. The Kier molecular flexibility index (Phi) is 4.48. The standard InChI is InChI=1S/C10H7NO2.C2H3Cl/c12-9-6-7-10(13)11(9)8-4-2-1-3-5-8;1-2-3/h1-7H;2H,1H2. The molecule has 0 N–H and O–H groups in total. The van der Waals surface area contributed by atoms with E-state index in [1.807, 2.05) is 6.07 Å². The maximum Gasteiger partial charge on any atom is 0.258 e. The van der Waals surface area contributed by atoms with Gasteiger partial charge in [-0.05, 0) is 17.7 Å². The van der Waals surface area contributed by atoms with Crippen molar-refractivity contribution in [1.29, 1.82) is 0 Å². The molecular weight excluding hydrogens is 226 g/mol. The highest BCUT2D eigenvalue weighted by molar-refractivity contribution is 6.28. The second-order valence-corrected chi connectivity index (χ2v) is 3.14. The van der Waals surface area contributed by atoms with E-state index in [0.717, 1.165) is 4.90 Å². The summed E-state index contributed by atoms with van der Waals surface area (Å²) in [6.45, 7) is 3.13. The zero-order valence-corrected chi connectivity index (χ0v) is 9.22. The molecule has 1 aromatic carbocycles. The maximum atomic E-state index is 11.2. The summed E-state index contributed by atoms with van der Waals surface area (Å²) in [4.78, 5) is 23.5. The SMILES string of the molecule is C=CCl.O=C1C=CC(=O)N1c1ccccc1. The molecule has 2 amide bonds. The van der Waals surface area contributed by atoms with Gasteiger partial charge in [-0.3, -0.25) is 9.59 Å². The van der Waals surface area contributed by atoms with Crippen LogP contribution in [0.2, 0.25) is 0 Å². The van der Waals surface area contributed by atoms with Crippen LogP contribution in [-0.2, 0) is 9.59 Å². The van der Waals surface area contributed by atoms with Crippen LogP contribution < -0.4 is 4.90 Å². The Morgan fingerprint density at radius 1 is 1.06 bits per heavy atom. The molecule has 1 aliphatic heterocycles. The fourth-order valence-corrected chi connectivity index (χ4v) is 1.23. The molecule has 0 radical (unpaired) electrons. The van der Waals surface area contributed by atoms with Crippen LogP contribution in [-0.4, -0.2) is 11.8 Å². The lowest BCUT2D eigenvalue weighted by atomic mass is 10.3. The zero-order chi connectivity index (χ0) is 12.0. The molecule has 0 saturated heterocycles. The highest BCUT2D eigenvalue weighted by Gasteiger charge is 2.24. The van der Waals surface area contributed by atoms with E-state index in [2.05, 4.69) is 6.58 Å². The fourth-order valence-electron chi connectivity index (χ4n) is 1.23. The quantitative estimate of drug-likeness (QED) is 0.702. The third-order valence-electron chi connectivity index (χ3n) is 1.82. The number of rotatable bonds is 1. The average Bonchev–Trinajstić information content (AvgIpc) is 2.61. The normalized spacial score (nSPS) is 13.4. The molecule has 0 aromatic heterocycles. The molecule has 1 aliphatic rings. The number of carbonyl (C=O) groups excluding carboxylic acids is 2. The van der Waals surface area contributed by atoms with Crippen LogP contribution in [0.15, 0.2) is 54.6 Å². The molecule has 0 bridgehead atoms. The summed E-state index contributed by atoms with van der Waals surface area (Å²) < 4.78 is 0. The first-order chi connectivity index (χ1) is 7.70. The Balaban J connectivity index is 0.000000386. The van der Waals surface area contributed by atoms with Gasteiger partial charge in [0.2, 0.25) is 0 Å². The van der Waals surface area contributed by atoms with Crippen molar-refractivity contribution in [3.8, 4) is 0 Å². The van der Waals surface area contributed by atoms with E-state index in [1.165, 1.54) is 17.7 Å². The largest absolute Gasteiger partial charge is 0.269 e. The van der Waals surface area contributed by atoms with Crippen LogP contribution in [0.4, 0.5) is 5.69 Å². The number of amides is 2. The van der Waals surface area contributed by atoms with E-state index < -0.39 is 0 Å². The van der Waals surface area contributed by atoms with Gasteiger partial charge in [0.1, 0.15) is 0 Å². The van der Waals surface area contributed by atoms with Gasteiger partial charge in [-0.25, -0.2) is 4.90 Å². The van der Waals surface area contributed by atoms with Gasteiger partial charge >= 0.3 is 0 Å². The first-order valence-corrected chi connectivity index (χ1v) is 4.96. The zero-order valence-electron chi connectivity index (χ0n) is 8.47. The van der Waals surface area contributed by atoms with E-state index in [-0.39, 0.29) is 11.8 Å². The summed E-state index contributed by atoms with van der Waals surface area (Å²) in [5, 5.41) is 0. The topological polar surface area (TPSA) is 37.4 Å². The van der Waals surface area contributed by atoms with E-state index in [9.17, 15) is 9.59 Å². The fraction of sp³-hybridized carbons (Fsp3) is 0. The predicted molar refractivity (Wildman–Crippen MR) is 64.1 cm³/mol. The Hall–Kier alpha value is -1.87. The summed E-state index contributed by atoms with van der Waals surface area (Å²) in [5.74, 6) is -0.563. The Morgan fingerprint density at radius 2 is 1.50 bits per heavy atom. The lowest BCUT2D eigenvalue weighted by molar-refractivity contribution is -0.119. The van der Waals surface area contributed by atoms with Crippen LogP contribution >= 0.6 is 11.6 Å². The van der Waals surface area contributed by atoms with Crippen molar-refractivity contribution in [1.82, 2.24) is 0 Å². The van der Waals surface area contributed by atoms with Crippen molar-refractivity contribution in [3.63, 3.8) is 0 Å². The summed E-state index contributed by atoms with van der Waals surface area (Å²) >= 11 is 4.76. The molecule has 0 aliphatic carbocycles. The molecular formula is C12H10ClNO2. The van der Waals surface area contributed by atoms with Gasteiger partial charge in [0.25, 0.3) is 11.8 Å². The maximum absolute atomic E-state index is 11.2. The summed E-state index contributed by atoms with van der Waals surface area (Å²) in [6, 6.07) is 8.86. The van der Waals surface area contributed by atoms with Crippen LogP contribution in [0, 0.1) is 0 Å². The molecule has 0 fully saturated rings. The molecule has 1 aromatic rings. The molecule has 3 nitrogen and oxygen atoms in total. The molecule has 4 heteroatoms. The minimum absolute atomic E-state index is 0.281. The van der Waals surface area contributed by atoms with Gasteiger partial charge in [-0.15, -0.1) is 0 Å². The molecule has 82 valence electrons. The summed E-state index contributed by atoms with van der Waals surface area (Å²) in [6.07, 6.45) is 2.55. The molecule has 0 spiro atoms. The number of hydrogen-bond acceptors (Lipinski definition) is 2. The number of para-hydroxylation sites is 1. The minimum Gasteiger partial charge on any atom is -0.269 e. The third kappa shape index (κ3) is 2.81. The number of hydrogen-bond donors (Lipinski definition) is 0. The number of nitrogens with zero attached hydrogens (tertiary/aromatic N) is 1. The first-order valence-electron chi connectivity index (χ1n) is 4.53. The number of carbonyl (C=O) groups is 2. The second kappa shape index (κ2) is 5.88. The highest BCUT2D eigenvalue weighted by Crippen LogP contribution is 2.17. The van der Waals surface area contributed by atoms with Gasteiger partial charge in [-0.1, -0.05) is 36.4 Å². The van der Waals surface area contributed by atoms with Gasteiger partial charge in [0, 0.05) is 12.2 Å². The summed E-state index contributed by atoms with van der Waals surface area (Å²) in [7, 11) is 0. The third-order valence-corrected chi connectivity index (χ3v) is 1.82. The number of halogens is 1. The molecule has 0 unspecified atom stereocenters. The van der Waals surface area contributed by atoms with Gasteiger partial charge in [-0.2, -0.15) is 0 Å². The first kappa shape index (κ1) is 12.2. The van der Waals surface area contributed by atoms with Crippen LogP contribution in [0.3, 0.4) is 0 Å². The molecule has 2 rings (SSSR count). The van der Waals surface area contributed by atoms with Crippen molar-refractivity contribution in [2.24, 2.45) is 0 Å². The molecule has 1 heterocycles. The van der Waals surface area contributed by atoms with Gasteiger partial charge < -0.3 is 0 Å². The van der Waals surface area contributed by atoms with E-state index >= 15 is 0 Å².